The molecule has 1 aromatic heterocycles. The zero-order chi connectivity index (χ0) is 19.9. The first-order chi connectivity index (χ1) is 13.6. The highest BCUT2D eigenvalue weighted by Crippen LogP contribution is 2.33. The van der Waals surface area contributed by atoms with Crippen LogP contribution in [-0.2, 0) is 14.3 Å². The molecule has 0 saturated heterocycles. The van der Waals surface area contributed by atoms with Crippen LogP contribution in [0.2, 0.25) is 0 Å². The molecule has 0 aliphatic heterocycles. The van der Waals surface area contributed by atoms with Crippen molar-refractivity contribution >= 4 is 39.8 Å². The van der Waals surface area contributed by atoms with Crippen molar-refractivity contribution in [3.63, 3.8) is 0 Å². The van der Waals surface area contributed by atoms with E-state index in [0.717, 1.165) is 10.8 Å². The smallest absolute Gasteiger partial charge is 0.315 e. The average Bonchev–Trinajstić information content (AvgIpc) is 2.70. The molecule has 7 heteroatoms. The van der Waals surface area contributed by atoms with Gasteiger partial charge in [0.15, 0.2) is 0 Å². The van der Waals surface area contributed by atoms with E-state index in [9.17, 15) is 9.59 Å². The molecule has 0 radical (unpaired) electrons. The number of carbonyl (C=O) groups is 2. The molecule has 0 aliphatic carbocycles. The summed E-state index contributed by atoms with van der Waals surface area (Å²) in [4.78, 5) is 28.2. The summed E-state index contributed by atoms with van der Waals surface area (Å²) in [7, 11) is 0. The van der Waals surface area contributed by atoms with E-state index in [1.807, 2.05) is 36.4 Å². The Morgan fingerprint density at radius 2 is 2.00 bits per heavy atom. The fraction of sp³-hybridized carbons (Fsp3) is 0.143. The van der Waals surface area contributed by atoms with Gasteiger partial charge in [-0.3, -0.25) is 9.59 Å². The maximum Gasteiger partial charge on any atom is 0.315 e. The number of pyridine rings is 1. The number of anilines is 3. The lowest BCUT2D eigenvalue weighted by Crippen LogP contribution is -2.19. The topological polar surface area (TPSA) is 104 Å². The fourth-order valence-electron chi connectivity index (χ4n) is 2.74. The van der Waals surface area contributed by atoms with Gasteiger partial charge in [-0.25, -0.2) is 4.98 Å². The number of nitrogens with zero attached hydrogens (tertiary/aromatic N) is 2. The summed E-state index contributed by atoms with van der Waals surface area (Å²) in [6.07, 6.45) is 1.15. The van der Waals surface area contributed by atoms with Crippen molar-refractivity contribution < 1.29 is 14.3 Å². The Kier molecular flexibility index (Phi) is 5.82. The monoisotopic (exact) mass is 374 g/mol. The second-order valence-electron chi connectivity index (χ2n) is 5.91. The van der Waals surface area contributed by atoms with Crippen LogP contribution in [0.3, 0.4) is 0 Å². The van der Waals surface area contributed by atoms with Crippen molar-refractivity contribution in [1.82, 2.24) is 4.98 Å². The summed E-state index contributed by atoms with van der Waals surface area (Å²) < 4.78 is 4.83. The molecule has 3 aromatic rings. The van der Waals surface area contributed by atoms with Gasteiger partial charge in [0.25, 0.3) is 0 Å². The second-order valence-corrected chi connectivity index (χ2v) is 5.91. The molecule has 1 amide bonds. The summed E-state index contributed by atoms with van der Waals surface area (Å²) in [6, 6.07) is 16.6. The first kappa shape index (κ1) is 18.9. The maximum atomic E-state index is 12.3. The molecule has 1 heterocycles. The Morgan fingerprint density at radius 1 is 1.18 bits per heavy atom. The Labute approximate surface area is 162 Å². The lowest BCUT2D eigenvalue weighted by atomic mass is 10.1. The largest absolute Gasteiger partial charge is 0.466 e. The molecule has 2 aromatic carbocycles. The van der Waals surface area contributed by atoms with Crippen LogP contribution in [-0.4, -0.2) is 23.5 Å². The first-order valence-electron chi connectivity index (χ1n) is 8.71. The molecule has 0 saturated carbocycles. The summed E-state index contributed by atoms with van der Waals surface area (Å²) in [6.45, 7) is 1.90. The van der Waals surface area contributed by atoms with Crippen LogP contribution in [0, 0.1) is 11.3 Å². The number of hydrogen-bond donors (Lipinski definition) is 2. The first-order valence-corrected chi connectivity index (χ1v) is 8.71. The number of benzene rings is 2. The van der Waals surface area contributed by atoms with E-state index < -0.39 is 11.9 Å². The minimum Gasteiger partial charge on any atom is -0.466 e. The number of nitrogens with one attached hydrogen (secondary N) is 2. The van der Waals surface area contributed by atoms with E-state index >= 15 is 0 Å². The van der Waals surface area contributed by atoms with Crippen molar-refractivity contribution in [2.45, 2.75) is 13.3 Å². The van der Waals surface area contributed by atoms with Crippen LogP contribution in [0.5, 0.6) is 0 Å². The van der Waals surface area contributed by atoms with Gasteiger partial charge in [-0.2, -0.15) is 5.26 Å². The van der Waals surface area contributed by atoms with E-state index in [1.165, 1.54) is 6.20 Å². The Morgan fingerprint density at radius 3 is 2.79 bits per heavy atom. The fourth-order valence-corrected chi connectivity index (χ4v) is 2.74. The molecule has 0 bridgehead atoms. The van der Waals surface area contributed by atoms with Gasteiger partial charge in [-0.05, 0) is 30.5 Å². The molecule has 140 valence electrons. The molecule has 0 aliphatic rings. The normalized spacial score (nSPS) is 10.1. The molecule has 0 unspecified atom stereocenters. The van der Waals surface area contributed by atoms with E-state index in [4.69, 9.17) is 10.00 Å². The number of amides is 1. The van der Waals surface area contributed by atoms with Gasteiger partial charge in [-0.15, -0.1) is 0 Å². The van der Waals surface area contributed by atoms with E-state index in [0.29, 0.717) is 22.8 Å². The zero-order valence-electron chi connectivity index (χ0n) is 15.2. The number of carbonyl (C=O) groups excluding carboxylic acids is 2. The zero-order valence-corrected chi connectivity index (χ0v) is 15.2. The van der Waals surface area contributed by atoms with Gasteiger partial charge < -0.3 is 15.4 Å². The van der Waals surface area contributed by atoms with Gasteiger partial charge in [-0.1, -0.05) is 30.3 Å². The summed E-state index contributed by atoms with van der Waals surface area (Å²) in [5.41, 5.74) is 1.58. The van der Waals surface area contributed by atoms with Gasteiger partial charge in [0.2, 0.25) is 5.91 Å². The summed E-state index contributed by atoms with van der Waals surface area (Å²) in [5, 5.41) is 16.7. The minimum absolute atomic E-state index is 0.216. The Balaban J connectivity index is 1.95. The standard InChI is InChI=1S/C21H18N4O3/c1-2-28-20(27)12-19(26)25-21-16-6-4-3-5-15(16)7-8-17(21)24-18-11-14(13-22)9-10-23-18/h3-11H,2,12H2,1H3,(H,23,24)(H,25,26). The number of rotatable bonds is 6. The van der Waals surface area contributed by atoms with Crippen LogP contribution < -0.4 is 10.6 Å². The van der Waals surface area contributed by atoms with Crippen LogP contribution in [0.1, 0.15) is 18.9 Å². The van der Waals surface area contributed by atoms with Crippen molar-refractivity contribution in [2.75, 3.05) is 17.2 Å². The van der Waals surface area contributed by atoms with Gasteiger partial charge in [0, 0.05) is 11.6 Å². The quantitative estimate of drug-likeness (QED) is 0.503. The van der Waals surface area contributed by atoms with Crippen molar-refractivity contribution in [2.24, 2.45) is 0 Å². The number of aromatic nitrogens is 1. The molecule has 7 nitrogen and oxygen atoms in total. The third-order valence-electron chi connectivity index (χ3n) is 3.96. The third kappa shape index (κ3) is 4.43. The van der Waals surface area contributed by atoms with Crippen LogP contribution in [0.25, 0.3) is 10.8 Å². The van der Waals surface area contributed by atoms with Gasteiger partial charge >= 0.3 is 5.97 Å². The van der Waals surface area contributed by atoms with Crippen molar-refractivity contribution in [3.8, 4) is 6.07 Å². The summed E-state index contributed by atoms with van der Waals surface area (Å²) >= 11 is 0. The molecular formula is C21H18N4O3. The minimum atomic E-state index is -0.585. The molecule has 28 heavy (non-hydrogen) atoms. The van der Waals surface area contributed by atoms with Crippen LogP contribution in [0.4, 0.5) is 17.2 Å². The third-order valence-corrected chi connectivity index (χ3v) is 3.96. The van der Waals surface area contributed by atoms with Crippen molar-refractivity contribution in [3.05, 3.63) is 60.3 Å². The maximum absolute atomic E-state index is 12.3. The highest BCUT2D eigenvalue weighted by Gasteiger charge is 2.15. The molecule has 0 fully saturated rings. The lowest BCUT2D eigenvalue weighted by molar-refractivity contribution is -0.145. The van der Waals surface area contributed by atoms with Gasteiger partial charge in [0.1, 0.15) is 12.2 Å². The number of hydrogen-bond acceptors (Lipinski definition) is 6. The highest BCUT2D eigenvalue weighted by atomic mass is 16.5. The SMILES string of the molecule is CCOC(=O)CC(=O)Nc1c(Nc2cc(C#N)ccn2)ccc2ccccc12. The van der Waals surface area contributed by atoms with Crippen molar-refractivity contribution in [1.29, 1.82) is 5.26 Å². The van der Waals surface area contributed by atoms with E-state index in [1.54, 1.807) is 19.1 Å². The molecule has 3 rings (SSSR count). The van der Waals surface area contributed by atoms with Crippen LogP contribution in [0.15, 0.2) is 54.7 Å². The lowest BCUT2D eigenvalue weighted by Gasteiger charge is -2.15. The summed E-state index contributed by atoms with van der Waals surface area (Å²) in [5.74, 6) is -0.593. The van der Waals surface area contributed by atoms with E-state index in [-0.39, 0.29) is 13.0 Å². The number of esters is 1. The number of ether oxygens (including phenoxy) is 1. The molecular weight excluding hydrogens is 356 g/mol. The van der Waals surface area contributed by atoms with Crippen LogP contribution >= 0.6 is 0 Å². The predicted octanol–water partition coefficient (Wildman–Crippen LogP) is 3.74. The molecule has 2 N–H and O–H groups in total. The highest BCUT2D eigenvalue weighted by molar-refractivity contribution is 6.10. The number of fused-ring (bicyclic) bond motifs is 1. The number of nitriles is 1. The molecule has 0 atom stereocenters. The second kappa shape index (κ2) is 8.64. The molecule has 0 spiro atoms. The van der Waals surface area contributed by atoms with E-state index in [2.05, 4.69) is 21.7 Å². The Bertz CT molecular complexity index is 1070. The average molecular weight is 374 g/mol. The van der Waals surface area contributed by atoms with Gasteiger partial charge in [0.05, 0.1) is 29.6 Å². The Hall–Kier alpha value is -3.92. The predicted molar refractivity (Wildman–Crippen MR) is 106 cm³/mol.